The minimum absolute atomic E-state index is 0.141. The fourth-order valence-corrected chi connectivity index (χ4v) is 2.35. The lowest BCUT2D eigenvalue weighted by Gasteiger charge is -2.19. The van der Waals surface area contributed by atoms with Crippen molar-refractivity contribution in [2.45, 2.75) is 26.2 Å². The maximum atomic E-state index is 6.04. The average molecular weight is 277 g/mol. The predicted octanol–water partition coefficient (Wildman–Crippen LogP) is 4.18. The topological polar surface area (TPSA) is 51.8 Å². The molecule has 0 amide bonds. The molecule has 1 heterocycles. The van der Waals surface area contributed by atoms with Crippen LogP contribution in [0.25, 0.3) is 22.3 Å². The van der Waals surface area contributed by atoms with E-state index in [2.05, 4.69) is 55.0 Å². The molecule has 0 saturated carbocycles. The molecule has 21 heavy (non-hydrogen) atoms. The maximum Gasteiger partial charge on any atom is 0.162 e. The number of anilines is 1. The van der Waals surface area contributed by atoms with Gasteiger partial charge in [0.05, 0.1) is 5.52 Å². The summed E-state index contributed by atoms with van der Waals surface area (Å²) in [7, 11) is 0. The Morgan fingerprint density at radius 1 is 0.857 bits per heavy atom. The summed E-state index contributed by atoms with van der Waals surface area (Å²) in [5.74, 6) is 1.20. The van der Waals surface area contributed by atoms with E-state index in [1.807, 2.05) is 24.3 Å². The fraction of sp³-hybridized carbons (Fsp3) is 0.222. The molecular weight excluding hydrogens is 258 g/mol. The lowest BCUT2D eigenvalue weighted by Crippen LogP contribution is -2.10. The summed E-state index contributed by atoms with van der Waals surface area (Å²) in [4.78, 5) is 9.04. The Morgan fingerprint density at radius 2 is 1.52 bits per heavy atom. The number of nitrogens with two attached hydrogens (primary N) is 1. The molecule has 0 aliphatic rings. The minimum atomic E-state index is 0.141. The second-order valence-corrected chi connectivity index (χ2v) is 6.28. The molecule has 3 heteroatoms. The summed E-state index contributed by atoms with van der Waals surface area (Å²) >= 11 is 0. The molecule has 0 saturated heterocycles. The molecule has 3 rings (SSSR count). The minimum Gasteiger partial charge on any atom is -0.383 e. The second-order valence-electron chi connectivity index (χ2n) is 6.28. The first-order valence-electron chi connectivity index (χ1n) is 7.08. The van der Waals surface area contributed by atoms with Crippen molar-refractivity contribution in [2.75, 3.05) is 5.73 Å². The fourth-order valence-electron chi connectivity index (χ4n) is 2.35. The third-order valence-corrected chi connectivity index (χ3v) is 3.64. The Morgan fingerprint density at radius 3 is 2.19 bits per heavy atom. The van der Waals surface area contributed by atoms with E-state index in [0.717, 1.165) is 16.5 Å². The molecule has 0 spiro atoms. The quantitative estimate of drug-likeness (QED) is 0.726. The highest BCUT2D eigenvalue weighted by Crippen LogP contribution is 2.26. The van der Waals surface area contributed by atoms with Crippen LogP contribution in [-0.4, -0.2) is 9.97 Å². The number of rotatable bonds is 1. The lowest BCUT2D eigenvalue weighted by atomic mass is 9.87. The zero-order chi connectivity index (χ0) is 15.0. The molecule has 1 aromatic heterocycles. The SMILES string of the molecule is CC(C)(C)c1ccc(-c2nc(N)c3ccccc3n2)cc1. The van der Waals surface area contributed by atoms with Crippen molar-refractivity contribution in [1.29, 1.82) is 0 Å². The van der Waals surface area contributed by atoms with Crippen molar-refractivity contribution in [3.05, 3.63) is 54.1 Å². The average Bonchev–Trinajstić information content (AvgIpc) is 2.46. The van der Waals surface area contributed by atoms with Crippen LogP contribution in [-0.2, 0) is 5.41 Å². The molecule has 3 nitrogen and oxygen atoms in total. The molecule has 2 N–H and O–H groups in total. The van der Waals surface area contributed by atoms with Gasteiger partial charge in [-0.3, -0.25) is 0 Å². The van der Waals surface area contributed by atoms with Gasteiger partial charge in [-0.15, -0.1) is 0 Å². The Labute approximate surface area is 124 Å². The van der Waals surface area contributed by atoms with Gasteiger partial charge in [-0.2, -0.15) is 0 Å². The summed E-state index contributed by atoms with van der Waals surface area (Å²) in [6, 6.07) is 16.2. The number of hydrogen-bond acceptors (Lipinski definition) is 3. The lowest BCUT2D eigenvalue weighted by molar-refractivity contribution is 0.590. The van der Waals surface area contributed by atoms with Crippen LogP contribution in [0.1, 0.15) is 26.3 Å². The van der Waals surface area contributed by atoms with Gasteiger partial charge in [0.2, 0.25) is 0 Å². The smallest absolute Gasteiger partial charge is 0.162 e. The van der Waals surface area contributed by atoms with E-state index in [1.54, 1.807) is 0 Å². The van der Waals surface area contributed by atoms with Crippen LogP contribution in [0.5, 0.6) is 0 Å². The first-order valence-corrected chi connectivity index (χ1v) is 7.08. The summed E-state index contributed by atoms with van der Waals surface area (Å²) in [6.07, 6.45) is 0. The highest BCUT2D eigenvalue weighted by molar-refractivity contribution is 5.89. The van der Waals surface area contributed by atoms with Crippen molar-refractivity contribution >= 4 is 16.7 Å². The van der Waals surface area contributed by atoms with E-state index in [9.17, 15) is 0 Å². The molecule has 0 bridgehead atoms. The summed E-state index contributed by atoms with van der Waals surface area (Å²) in [6.45, 7) is 6.60. The van der Waals surface area contributed by atoms with Crippen molar-refractivity contribution < 1.29 is 0 Å². The first-order chi connectivity index (χ1) is 9.95. The zero-order valence-corrected chi connectivity index (χ0v) is 12.6. The second kappa shape index (κ2) is 4.85. The number of para-hydroxylation sites is 1. The van der Waals surface area contributed by atoms with Crippen molar-refractivity contribution in [1.82, 2.24) is 9.97 Å². The van der Waals surface area contributed by atoms with E-state index < -0.39 is 0 Å². The molecule has 0 unspecified atom stereocenters. The summed E-state index contributed by atoms with van der Waals surface area (Å²) < 4.78 is 0. The van der Waals surface area contributed by atoms with Gasteiger partial charge in [0.1, 0.15) is 5.82 Å². The van der Waals surface area contributed by atoms with Crippen molar-refractivity contribution in [2.24, 2.45) is 0 Å². The van der Waals surface area contributed by atoms with Gasteiger partial charge in [0, 0.05) is 10.9 Å². The zero-order valence-electron chi connectivity index (χ0n) is 12.6. The van der Waals surface area contributed by atoms with Crippen LogP contribution in [0.3, 0.4) is 0 Å². The molecule has 2 aromatic carbocycles. The third-order valence-electron chi connectivity index (χ3n) is 3.64. The number of aromatic nitrogens is 2. The van der Waals surface area contributed by atoms with Crippen molar-refractivity contribution in [3.63, 3.8) is 0 Å². The van der Waals surface area contributed by atoms with Gasteiger partial charge in [0.15, 0.2) is 5.82 Å². The summed E-state index contributed by atoms with van der Waals surface area (Å²) in [5.41, 5.74) is 9.34. The Bertz CT molecular complexity index is 784. The summed E-state index contributed by atoms with van der Waals surface area (Å²) in [5, 5.41) is 0.896. The van der Waals surface area contributed by atoms with Crippen LogP contribution in [0, 0.1) is 0 Å². The highest BCUT2D eigenvalue weighted by Gasteiger charge is 2.14. The maximum absolute atomic E-state index is 6.04. The third kappa shape index (κ3) is 2.59. The van der Waals surface area contributed by atoms with Gasteiger partial charge >= 0.3 is 0 Å². The number of nitrogens with zero attached hydrogens (tertiary/aromatic N) is 2. The van der Waals surface area contributed by atoms with Gasteiger partial charge in [-0.25, -0.2) is 9.97 Å². The molecule has 0 aliphatic carbocycles. The van der Waals surface area contributed by atoms with E-state index in [4.69, 9.17) is 5.73 Å². The van der Waals surface area contributed by atoms with Crippen LogP contribution >= 0.6 is 0 Å². The normalized spacial score (nSPS) is 11.8. The molecule has 0 aliphatic heterocycles. The van der Waals surface area contributed by atoms with Gasteiger partial charge < -0.3 is 5.73 Å². The molecule has 0 fully saturated rings. The molecule has 3 aromatic rings. The molecule has 0 atom stereocenters. The van der Waals surface area contributed by atoms with Gasteiger partial charge in [-0.05, 0) is 23.1 Å². The van der Waals surface area contributed by atoms with Crippen LogP contribution in [0.15, 0.2) is 48.5 Å². The van der Waals surface area contributed by atoms with Crippen LogP contribution in [0.4, 0.5) is 5.82 Å². The molecule has 106 valence electrons. The van der Waals surface area contributed by atoms with Gasteiger partial charge in [0.25, 0.3) is 0 Å². The van der Waals surface area contributed by atoms with E-state index in [0.29, 0.717) is 11.6 Å². The van der Waals surface area contributed by atoms with E-state index >= 15 is 0 Å². The van der Waals surface area contributed by atoms with Crippen LogP contribution in [0.2, 0.25) is 0 Å². The number of fused-ring (bicyclic) bond motifs is 1. The predicted molar refractivity (Wildman–Crippen MR) is 88.1 cm³/mol. The Kier molecular flexibility index (Phi) is 3.13. The first kappa shape index (κ1) is 13.6. The van der Waals surface area contributed by atoms with E-state index in [1.165, 1.54) is 5.56 Å². The van der Waals surface area contributed by atoms with Crippen molar-refractivity contribution in [3.8, 4) is 11.4 Å². The largest absolute Gasteiger partial charge is 0.383 e. The molecular formula is C18H19N3. The number of nitrogen functional groups attached to an aromatic ring is 1. The highest BCUT2D eigenvalue weighted by atomic mass is 14.9. The number of hydrogen-bond donors (Lipinski definition) is 1. The van der Waals surface area contributed by atoms with Crippen LogP contribution < -0.4 is 5.73 Å². The van der Waals surface area contributed by atoms with Gasteiger partial charge in [-0.1, -0.05) is 57.2 Å². The Balaban J connectivity index is 2.08. The number of benzene rings is 2. The molecule has 0 radical (unpaired) electrons. The van der Waals surface area contributed by atoms with E-state index in [-0.39, 0.29) is 5.41 Å². The standard InChI is InChI=1S/C18H19N3/c1-18(2,3)13-10-8-12(9-11-13)17-20-15-7-5-4-6-14(15)16(19)21-17/h4-11H,1-3H3,(H2,19,20,21). The Hall–Kier alpha value is -2.42. The monoisotopic (exact) mass is 277 g/mol.